The van der Waals surface area contributed by atoms with E-state index in [4.69, 9.17) is 16.0 Å². The molecule has 0 aliphatic rings. The number of carbonyl (C=O) groups excluding carboxylic acids is 1. The molecule has 4 aromatic heterocycles. The average molecular weight is 500 g/mol. The molecule has 5 aromatic rings. The molecular formula is C22H14ClN3O5S2. The second-order valence-corrected chi connectivity index (χ2v) is 11.2. The molecule has 0 unspecified atom stereocenters. The van der Waals surface area contributed by atoms with Crippen molar-refractivity contribution in [1.29, 1.82) is 0 Å². The lowest BCUT2D eigenvalue weighted by Crippen LogP contribution is -2.19. The van der Waals surface area contributed by atoms with E-state index in [0.29, 0.717) is 32.2 Å². The Labute approximate surface area is 196 Å². The largest absolute Gasteiger partial charge is 0.443 e. The third-order valence-electron chi connectivity index (χ3n) is 5.02. The van der Waals surface area contributed by atoms with Gasteiger partial charge in [-0.2, -0.15) is 0 Å². The minimum atomic E-state index is -3.74. The maximum atomic E-state index is 13.0. The Kier molecular flexibility index (Phi) is 5.35. The van der Waals surface area contributed by atoms with Crippen LogP contribution in [0.2, 0.25) is 4.34 Å². The number of pyridine rings is 2. The van der Waals surface area contributed by atoms with Crippen LogP contribution in [0.25, 0.3) is 27.7 Å². The Balaban J connectivity index is 1.36. The van der Waals surface area contributed by atoms with E-state index in [0.717, 1.165) is 16.7 Å². The van der Waals surface area contributed by atoms with Crippen molar-refractivity contribution in [3.63, 3.8) is 0 Å². The lowest BCUT2D eigenvalue weighted by molar-refractivity contribution is -0.116. The highest BCUT2D eigenvalue weighted by molar-refractivity contribution is 7.94. The van der Waals surface area contributed by atoms with Gasteiger partial charge in [0.05, 0.1) is 9.72 Å². The zero-order valence-electron chi connectivity index (χ0n) is 16.8. The van der Waals surface area contributed by atoms with Crippen LogP contribution in [0.15, 0.2) is 74.7 Å². The van der Waals surface area contributed by atoms with Crippen molar-refractivity contribution in [2.75, 3.05) is 5.75 Å². The van der Waals surface area contributed by atoms with Crippen molar-refractivity contribution in [2.24, 2.45) is 0 Å². The number of hydrogen-bond acceptors (Lipinski definition) is 8. The van der Waals surface area contributed by atoms with Gasteiger partial charge in [-0.05, 0) is 47.3 Å². The van der Waals surface area contributed by atoms with Gasteiger partial charge in [-0.25, -0.2) is 18.4 Å². The number of halogens is 1. The standard InChI is InChI=1S/C22H14ClN3O5S2/c23-19-2-4-21(32-19)33(29,30)11-15(27)7-13-1-3-20(24-10-13)26-6-5-14-8-17-18(31-12-25-17)9-16(14)22(26)28/h1-6,8-10,12H,7,11H2. The number of Topliss-reactive ketones (excluding diaryl/α,β-unsaturated/α-hetero) is 1. The first kappa shape index (κ1) is 21.5. The summed E-state index contributed by atoms with van der Waals surface area (Å²) < 4.78 is 31.8. The van der Waals surface area contributed by atoms with E-state index in [1.807, 2.05) is 0 Å². The van der Waals surface area contributed by atoms with Crippen LogP contribution in [0.3, 0.4) is 0 Å². The van der Waals surface area contributed by atoms with Gasteiger partial charge in [-0.15, -0.1) is 11.3 Å². The summed E-state index contributed by atoms with van der Waals surface area (Å²) in [4.78, 5) is 33.7. The van der Waals surface area contributed by atoms with Gasteiger partial charge in [0, 0.05) is 18.8 Å². The molecule has 1 aromatic carbocycles. The third-order valence-corrected chi connectivity index (χ3v) is 8.51. The van der Waals surface area contributed by atoms with Gasteiger partial charge in [0.25, 0.3) is 5.56 Å². The molecule has 11 heteroatoms. The molecule has 0 atom stereocenters. The molecule has 0 saturated carbocycles. The van der Waals surface area contributed by atoms with Crippen LogP contribution in [0.5, 0.6) is 0 Å². The molecule has 0 N–H and O–H groups in total. The summed E-state index contributed by atoms with van der Waals surface area (Å²) in [5, 5.41) is 1.19. The van der Waals surface area contributed by atoms with Gasteiger partial charge >= 0.3 is 0 Å². The van der Waals surface area contributed by atoms with E-state index in [1.165, 1.54) is 29.3 Å². The molecule has 5 rings (SSSR count). The number of oxazole rings is 1. The molecule has 0 fully saturated rings. The number of aromatic nitrogens is 3. The third kappa shape index (κ3) is 4.20. The summed E-state index contributed by atoms with van der Waals surface area (Å²) in [5.41, 5.74) is 1.44. The summed E-state index contributed by atoms with van der Waals surface area (Å²) in [6, 6.07) is 11.3. The molecule has 0 amide bonds. The molecule has 33 heavy (non-hydrogen) atoms. The van der Waals surface area contributed by atoms with Crippen molar-refractivity contribution in [1.82, 2.24) is 14.5 Å². The maximum Gasteiger partial charge on any atom is 0.264 e. The van der Waals surface area contributed by atoms with Gasteiger partial charge in [0.2, 0.25) is 0 Å². The van der Waals surface area contributed by atoms with E-state index in [9.17, 15) is 18.0 Å². The minimum absolute atomic E-state index is 0.0626. The van der Waals surface area contributed by atoms with E-state index in [-0.39, 0.29) is 16.2 Å². The molecular weight excluding hydrogens is 486 g/mol. The van der Waals surface area contributed by atoms with Crippen molar-refractivity contribution >= 4 is 60.4 Å². The minimum Gasteiger partial charge on any atom is -0.443 e. The molecule has 0 aliphatic carbocycles. The van der Waals surface area contributed by atoms with Crippen molar-refractivity contribution < 1.29 is 17.6 Å². The average Bonchev–Trinajstić information content (AvgIpc) is 3.42. The molecule has 0 spiro atoms. The zero-order chi connectivity index (χ0) is 23.2. The Morgan fingerprint density at radius 2 is 1.97 bits per heavy atom. The van der Waals surface area contributed by atoms with Crippen molar-refractivity contribution in [3.8, 4) is 5.82 Å². The number of fused-ring (bicyclic) bond motifs is 2. The fourth-order valence-electron chi connectivity index (χ4n) is 3.47. The second-order valence-electron chi connectivity index (χ2n) is 7.31. The number of thiophene rings is 1. The number of rotatable bonds is 6. The van der Waals surface area contributed by atoms with Crippen LogP contribution in [-0.2, 0) is 21.1 Å². The summed E-state index contributed by atoms with van der Waals surface area (Å²) in [6.07, 6.45) is 4.30. The number of sulfone groups is 1. The molecule has 4 heterocycles. The van der Waals surface area contributed by atoms with Gasteiger partial charge in [0.15, 0.2) is 27.6 Å². The monoisotopic (exact) mass is 499 g/mol. The molecule has 8 nitrogen and oxygen atoms in total. The van der Waals surface area contributed by atoms with Crippen LogP contribution in [0.4, 0.5) is 0 Å². The smallest absolute Gasteiger partial charge is 0.264 e. The second kappa shape index (κ2) is 8.22. The molecule has 0 bridgehead atoms. The van der Waals surface area contributed by atoms with Crippen LogP contribution in [0.1, 0.15) is 5.56 Å². The number of nitrogens with zero attached hydrogens (tertiary/aromatic N) is 3. The maximum absolute atomic E-state index is 13.0. The highest BCUT2D eigenvalue weighted by atomic mass is 35.5. The lowest BCUT2D eigenvalue weighted by atomic mass is 10.1. The molecule has 166 valence electrons. The SMILES string of the molecule is O=C(Cc1ccc(-n2ccc3cc4ncoc4cc3c2=O)nc1)CS(=O)(=O)c1ccc(Cl)s1. The van der Waals surface area contributed by atoms with E-state index in [1.54, 1.807) is 36.5 Å². The highest BCUT2D eigenvalue weighted by Crippen LogP contribution is 2.26. The zero-order valence-corrected chi connectivity index (χ0v) is 19.2. The summed E-state index contributed by atoms with van der Waals surface area (Å²) >= 11 is 6.71. The lowest BCUT2D eigenvalue weighted by Gasteiger charge is -2.08. The van der Waals surface area contributed by atoms with E-state index in [2.05, 4.69) is 9.97 Å². The topological polar surface area (TPSA) is 112 Å². The molecule has 0 saturated heterocycles. The fourth-order valence-corrected chi connectivity index (χ4v) is 6.28. The Morgan fingerprint density at radius 1 is 1.12 bits per heavy atom. The summed E-state index contributed by atoms with van der Waals surface area (Å²) in [7, 11) is -3.74. The van der Waals surface area contributed by atoms with Gasteiger partial charge in [-0.3, -0.25) is 14.2 Å². The number of ketones is 1. The number of benzene rings is 1. The first-order valence-electron chi connectivity index (χ1n) is 9.64. The Morgan fingerprint density at radius 3 is 2.70 bits per heavy atom. The predicted molar refractivity (Wildman–Crippen MR) is 125 cm³/mol. The van der Waals surface area contributed by atoms with Crippen LogP contribution in [0, 0.1) is 0 Å². The fraction of sp³-hybridized carbons (Fsp3) is 0.0909. The van der Waals surface area contributed by atoms with Crippen molar-refractivity contribution in [3.05, 3.63) is 81.5 Å². The van der Waals surface area contributed by atoms with E-state index < -0.39 is 21.4 Å². The Hall–Kier alpha value is -3.34. The highest BCUT2D eigenvalue weighted by Gasteiger charge is 2.21. The number of carbonyl (C=O) groups is 1. The van der Waals surface area contributed by atoms with Crippen LogP contribution < -0.4 is 5.56 Å². The first-order chi connectivity index (χ1) is 15.8. The van der Waals surface area contributed by atoms with Gasteiger partial charge in [0.1, 0.15) is 21.3 Å². The van der Waals surface area contributed by atoms with Crippen LogP contribution >= 0.6 is 22.9 Å². The Bertz CT molecular complexity index is 1680. The predicted octanol–water partition coefficient (Wildman–Crippen LogP) is 3.83. The molecule has 0 radical (unpaired) electrons. The summed E-state index contributed by atoms with van der Waals surface area (Å²) in [6.45, 7) is 0. The normalized spacial score (nSPS) is 11.9. The summed E-state index contributed by atoms with van der Waals surface area (Å²) in [5.74, 6) is -0.712. The van der Waals surface area contributed by atoms with E-state index >= 15 is 0 Å². The molecule has 0 aliphatic heterocycles. The first-order valence-corrected chi connectivity index (χ1v) is 12.5. The van der Waals surface area contributed by atoms with Crippen molar-refractivity contribution in [2.45, 2.75) is 10.6 Å². The number of hydrogen-bond donors (Lipinski definition) is 0. The van der Waals surface area contributed by atoms with Gasteiger partial charge in [-0.1, -0.05) is 17.7 Å². The van der Waals surface area contributed by atoms with Crippen LogP contribution in [-0.4, -0.2) is 34.5 Å². The van der Waals surface area contributed by atoms with Gasteiger partial charge < -0.3 is 4.42 Å². The quantitative estimate of drug-likeness (QED) is 0.349.